The number of esters is 1. The molecule has 0 aromatic carbocycles. The maximum absolute atomic E-state index is 12.1. The Labute approximate surface area is 77.3 Å². The molecule has 14 heavy (non-hydrogen) atoms. The lowest BCUT2D eigenvalue weighted by Crippen LogP contribution is -2.09. The Hall–Kier alpha value is -1.53. The summed E-state index contributed by atoms with van der Waals surface area (Å²) in [6, 6.07) is 0. The fourth-order valence-electron chi connectivity index (χ4n) is 0.884. The summed E-state index contributed by atoms with van der Waals surface area (Å²) in [7, 11) is 2.36. The number of imidazole rings is 1. The molecule has 0 spiro atoms. The first-order valence-electron chi connectivity index (χ1n) is 3.55. The molecular formula is C7H7F3N2O2. The van der Waals surface area contributed by atoms with E-state index in [1.165, 1.54) is 7.05 Å². The van der Waals surface area contributed by atoms with Crippen LogP contribution < -0.4 is 0 Å². The van der Waals surface area contributed by atoms with Gasteiger partial charge >= 0.3 is 12.1 Å². The molecule has 0 fully saturated rings. The average molecular weight is 208 g/mol. The van der Waals surface area contributed by atoms with Gasteiger partial charge in [-0.15, -0.1) is 0 Å². The number of alkyl halides is 3. The molecule has 0 amide bonds. The molecule has 4 nitrogen and oxygen atoms in total. The van der Waals surface area contributed by atoms with Crippen LogP contribution in [0.15, 0.2) is 6.20 Å². The molecule has 1 heterocycles. The van der Waals surface area contributed by atoms with E-state index in [1.807, 2.05) is 0 Å². The average Bonchev–Trinajstić information content (AvgIpc) is 2.45. The van der Waals surface area contributed by atoms with Gasteiger partial charge in [-0.05, 0) is 0 Å². The first-order valence-corrected chi connectivity index (χ1v) is 3.55. The van der Waals surface area contributed by atoms with Gasteiger partial charge in [-0.2, -0.15) is 13.2 Å². The topological polar surface area (TPSA) is 44.1 Å². The summed E-state index contributed by atoms with van der Waals surface area (Å²) < 4.78 is 41.6. The lowest BCUT2D eigenvalue weighted by Gasteiger charge is -1.99. The predicted octanol–water partition coefficient (Wildman–Crippen LogP) is 1.23. The van der Waals surface area contributed by atoms with Gasteiger partial charge in [-0.1, -0.05) is 0 Å². The zero-order valence-electron chi connectivity index (χ0n) is 7.42. The fourth-order valence-corrected chi connectivity index (χ4v) is 0.884. The second-order valence-corrected chi connectivity index (χ2v) is 2.55. The molecule has 1 aromatic heterocycles. The third-order valence-electron chi connectivity index (χ3n) is 1.53. The monoisotopic (exact) mass is 208 g/mol. The second-order valence-electron chi connectivity index (χ2n) is 2.55. The fraction of sp³-hybridized carbons (Fsp3) is 0.429. The first kappa shape index (κ1) is 10.6. The Kier molecular flexibility index (Phi) is 2.50. The van der Waals surface area contributed by atoms with Gasteiger partial charge in [0.05, 0.1) is 7.11 Å². The maximum atomic E-state index is 12.1. The van der Waals surface area contributed by atoms with E-state index in [0.29, 0.717) is 0 Å². The van der Waals surface area contributed by atoms with Crippen molar-refractivity contribution < 1.29 is 22.7 Å². The lowest BCUT2D eigenvalue weighted by molar-refractivity contribution is -0.141. The highest BCUT2D eigenvalue weighted by atomic mass is 19.4. The summed E-state index contributed by atoms with van der Waals surface area (Å²) in [5, 5.41) is 0. The van der Waals surface area contributed by atoms with E-state index in [1.54, 1.807) is 0 Å². The van der Waals surface area contributed by atoms with Crippen molar-refractivity contribution in [3.63, 3.8) is 0 Å². The van der Waals surface area contributed by atoms with Crippen molar-refractivity contribution in [2.75, 3.05) is 7.11 Å². The molecule has 1 aromatic rings. The highest BCUT2D eigenvalue weighted by Gasteiger charge is 2.35. The Balaban J connectivity index is 3.12. The number of hydrogen-bond acceptors (Lipinski definition) is 3. The van der Waals surface area contributed by atoms with Crippen LogP contribution in [-0.2, 0) is 18.0 Å². The van der Waals surface area contributed by atoms with Crippen LogP contribution >= 0.6 is 0 Å². The van der Waals surface area contributed by atoms with E-state index >= 15 is 0 Å². The molecule has 0 bridgehead atoms. The minimum Gasteiger partial charge on any atom is -0.463 e. The van der Waals surface area contributed by atoms with Crippen LogP contribution in [0.1, 0.15) is 16.3 Å². The molecule has 1 rings (SSSR count). The van der Waals surface area contributed by atoms with Crippen molar-refractivity contribution >= 4 is 5.97 Å². The Morgan fingerprint density at radius 1 is 1.57 bits per heavy atom. The van der Waals surface area contributed by atoms with E-state index in [2.05, 4.69) is 9.72 Å². The van der Waals surface area contributed by atoms with Crippen LogP contribution in [-0.4, -0.2) is 22.6 Å². The highest BCUT2D eigenvalue weighted by molar-refractivity contribution is 5.85. The number of carbonyl (C=O) groups excluding carboxylic acids is 1. The molecular weight excluding hydrogens is 201 g/mol. The Bertz CT molecular complexity index is 356. The van der Waals surface area contributed by atoms with E-state index < -0.39 is 17.8 Å². The normalized spacial score (nSPS) is 11.5. The third kappa shape index (κ3) is 1.86. The van der Waals surface area contributed by atoms with E-state index in [0.717, 1.165) is 17.9 Å². The minimum absolute atomic E-state index is 0.375. The smallest absolute Gasteiger partial charge is 0.434 e. The number of aromatic nitrogens is 2. The molecule has 0 aliphatic carbocycles. The highest BCUT2D eigenvalue weighted by Crippen LogP contribution is 2.28. The van der Waals surface area contributed by atoms with Crippen LogP contribution in [0.4, 0.5) is 13.2 Å². The molecule has 0 saturated carbocycles. The first-order chi connectivity index (χ1) is 6.36. The number of ether oxygens (including phenoxy) is 1. The van der Waals surface area contributed by atoms with Gasteiger partial charge in [0.25, 0.3) is 0 Å². The maximum Gasteiger partial charge on any atom is 0.434 e. The van der Waals surface area contributed by atoms with Crippen molar-refractivity contribution in [1.82, 2.24) is 9.55 Å². The van der Waals surface area contributed by atoms with Crippen LogP contribution in [0.2, 0.25) is 0 Å². The quantitative estimate of drug-likeness (QED) is 0.652. The van der Waals surface area contributed by atoms with Crippen molar-refractivity contribution in [2.24, 2.45) is 7.05 Å². The van der Waals surface area contributed by atoms with Crippen LogP contribution in [0.3, 0.4) is 0 Å². The number of aryl methyl sites for hydroxylation is 1. The number of hydrogen-bond donors (Lipinski definition) is 0. The van der Waals surface area contributed by atoms with E-state index in [-0.39, 0.29) is 5.82 Å². The number of nitrogens with zero attached hydrogens (tertiary/aromatic N) is 2. The standard InChI is InChI=1S/C7H7F3N2O2/c1-12-3-4(7(8,9)10)11-5(12)6(13)14-2/h3H,1-2H3. The largest absolute Gasteiger partial charge is 0.463 e. The molecule has 0 N–H and O–H groups in total. The summed E-state index contributed by atoms with van der Waals surface area (Å²) >= 11 is 0. The second kappa shape index (κ2) is 3.32. The predicted molar refractivity (Wildman–Crippen MR) is 39.5 cm³/mol. The Morgan fingerprint density at radius 3 is 2.50 bits per heavy atom. The number of halogens is 3. The SMILES string of the molecule is COC(=O)c1nc(C(F)(F)F)cn1C. The summed E-state index contributed by atoms with van der Waals surface area (Å²) in [5.41, 5.74) is -1.11. The zero-order valence-corrected chi connectivity index (χ0v) is 7.42. The van der Waals surface area contributed by atoms with Gasteiger partial charge < -0.3 is 9.30 Å². The van der Waals surface area contributed by atoms with Crippen LogP contribution in [0, 0.1) is 0 Å². The molecule has 0 atom stereocenters. The molecule has 0 aliphatic rings. The summed E-state index contributed by atoms with van der Waals surface area (Å²) in [6.07, 6.45) is -3.82. The van der Waals surface area contributed by atoms with Crippen molar-refractivity contribution in [3.8, 4) is 0 Å². The lowest BCUT2D eigenvalue weighted by atomic mass is 10.5. The van der Waals surface area contributed by atoms with Gasteiger partial charge in [0.1, 0.15) is 0 Å². The van der Waals surface area contributed by atoms with Crippen LogP contribution in [0.25, 0.3) is 0 Å². The molecule has 0 unspecified atom stereocenters. The van der Waals surface area contributed by atoms with Crippen molar-refractivity contribution in [3.05, 3.63) is 17.7 Å². The number of rotatable bonds is 1. The molecule has 78 valence electrons. The van der Waals surface area contributed by atoms with Gasteiger partial charge in [0, 0.05) is 13.2 Å². The number of methoxy groups -OCH3 is 1. The molecule has 0 aliphatic heterocycles. The van der Waals surface area contributed by atoms with Crippen LogP contribution in [0.5, 0.6) is 0 Å². The van der Waals surface area contributed by atoms with Crippen molar-refractivity contribution in [1.29, 1.82) is 0 Å². The van der Waals surface area contributed by atoms with Gasteiger partial charge in [-0.3, -0.25) is 0 Å². The summed E-state index contributed by atoms with van der Waals surface area (Å²) in [4.78, 5) is 14.0. The van der Waals surface area contributed by atoms with Gasteiger partial charge in [-0.25, -0.2) is 9.78 Å². The minimum atomic E-state index is -4.55. The van der Waals surface area contributed by atoms with E-state index in [4.69, 9.17) is 0 Å². The van der Waals surface area contributed by atoms with Gasteiger partial charge in [0.15, 0.2) is 5.69 Å². The molecule has 7 heteroatoms. The number of carbonyl (C=O) groups is 1. The van der Waals surface area contributed by atoms with Gasteiger partial charge in [0.2, 0.25) is 5.82 Å². The van der Waals surface area contributed by atoms with E-state index in [9.17, 15) is 18.0 Å². The third-order valence-corrected chi connectivity index (χ3v) is 1.53. The Morgan fingerprint density at radius 2 is 2.14 bits per heavy atom. The van der Waals surface area contributed by atoms with Crippen molar-refractivity contribution in [2.45, 2.75) is 6.18 Å². The summed E-state index contributed by atoms with van der Waals surface area (Å²) in [5.74, 6) is -1.28. The summed E-state index contributed by atoms with van der Waals surface area (Å²) in [6.45, 7) is 0. The molecule has 0 radical (unpaired) electrons. The molecule has 0 saturated heterocycles. The zero-order chi connectivity index (χ0) is 10.9.